The van der Waals surface area contributed by atoms with E-state index in [1.165, 1.54) is 23.8 Å². The molecule has 0 saturated heterocycles. The number of thiocarbonyl (C=S) groups is 1. The average Bonchev–Trinajstić information content (AvgIpc) is 2.36. The van der Waals surface area contributed by atoms with Crippen molar-refractivity contribution in [2.24, 2.45) is 5.73 Å². The Morgan fingerprint density at radius 3 is 2.43 bits per heavy atom. The summed E-state index contributed by atoms with van der Waals surface area (Å²) in [5.41, 5.74) is 5.98. The average molecular weight is 344 g/mol. The molecule has 0 bridgehead atoms. The van der Waals surface area contributed by atoms with Crippen molar-refractivity contribution in [1.29, 1.82) is 0 Å². The van der Waals surface area contributed by atoms with Crippen LogP contribution in [-0.4, -0.2) is 32.3 Å². The van der Waals surface area contributed by atoms with Crippen molar-refractivity contribution in [1.82, 2.24) is 4.72 Å². The summed E-state index contributed by atoms with van der Waals surface area (Å²) in [4.78, 5) is -0.271. The molecule has 0 atom stereocenters. The van der Waals surface area contributed by atoms with Gasteiger partial charge < -0.3 is 5.73 Å². The highest BCUT2D eigenvalue weighted by molar-refractivity contribution is 7.89. The molecule has 0 aliphatic rings. The number of hydrogen-bond donors (Lipinski definition) is 2. The van der Waals surface area contributed by atoms with Crippen molar-refractivity contribution in [2.75, 3.05) is 6.54 Å². The topological polar surface area (TPSA) is 72.2 Å². The number of alkyl halides is 4. The van der Waals surface area contributed by atoms with Crippen molar-refractivity contribution in [3.8, 4) is 0 Å². The third-order valence-corrected chi connectivity index (χ3v) is 4.36. The van der Waals surface area contributed by atoms with Gasteiger partial charge in [-0.25, -0.2) is 21.9 Å². The number of sulfonamides is 1. The first-order valence-corrected chi connectivity index (χ1v) is 7.42. The monoisotopic (exact) mass is 344 g/mol. The quantitative estimate of drug-likeness (QED) is 0.610. The number of hydrogen-bond acceptors (Lipinski definition) is 3. The molecule has 1 rings (SSSR count). The van der Waals surface area contributed by atoms with Crippen molar-refractivity contribution in [3.63, 3.8) is 0 Å². The fourth-order valence-corrected chi connectivity index (χ4v) is 2.85. The van der Waals surface area contributed by atoms with Crippen LogP contribution in [0.15, 0.2) is 23.1 Å². The standard InChI is InChI=1S/C11H12F4N2O2S2/c1-6-4-7(9(16)20)2-3-8(6)21(18,19)17-5-11(14,15)10(12)13/h2-4,10,17H,5H2,1H3,(H2,16,20). The van der Waals surface area contributed by atoms with Gasteiger partial charge in [-0.3, -0.25) is 0 Å². The number of nitrogens with two attached hydrogens (primary N) is 1. The molecule has 0 aromatic heterocycles. The lowest BCUT2D eigenvalue weighted by Crippen LogP contribution is -2.41. The lowest BCUT2D eigenvalue weighted by Gasteiger charge is -2.16. The van der Waals surface area contributed by atoms with Gasteiger partial charge in [0.2, 0.25) is 10.0 Å². The molecule has 0 saturated carbocycles. The van der Waals surface area contributed by atoms with Gasteiger partial charge in [0, 0.05) is 5.56 Å². The highest BCUT2D eigenvalue weighted by Crippen LogP contribution is 2.23. The van der Waals surface area contributed by atoms with Gasteiger partial charge in [0.1, 0.15) is 4.99 Å². The Bertz CT molecular complexity index is 648. The summed E-state index contributed by atoms with van der Waals surface area (Å²) in [5.74, 6) is -4.44. The molecule has 0 aliphatic carbocycles. The van der Waals surface area contributed by atoms with Gasteiger partial charge in [-0.2, -0.15) is 8.78 Å². The summed E-state index contributed by atoms with van der Waals surface area (Å²) in [5, 5.41) is 0. The van der Waals surface area contributed by atoms with Crippen molar-refractivity contribution >= 4 is 27.2 Å². The maximum Gasteiger partial charge on any atom is 0.320 e. The minimum absolute atomic E-state index is 0.0410. The van der Waals surface area contributed by atoms with Crippen LogP contribution < -0.4 is 10.5 Å². The van der Waals surface area contributed by atoms with Crippen molar-refractivity contribution in [3.05, 3.63) is 29.3 Å². The second-order valence-electron chi connectivity index (χ2n) is 4.23. The fourth-order valence-electron chi connectivity index (χ4n) is 1.45. The van der Waals surface area contributed by atoms with E-state index in [-0.39, 0.29) is 15.4 Å². The first-order valence-electron chi connectivity index (χ1n) is 5.53. The molecule has 0 heterocycles. The minimum atomic E-state index is -4.44. The van der Waals surface area contributed by atoms with E-state index < -0.39 is 28.9 Å². The van der Waals surface area contributed by atoms with Crippen LogP contribution in [0.1, 0.15) is 11.1 Å². The van der Waals surface area contributed by atoms with E-state index in [0.717, 1.165) is 6.07 Å². The number of benzene rings is 1. The summed E-state index contributed by atoms with van der Waals surface area (Å²) in [7, 11) is -4.35. The van der Waals surface area contributed by atoms with Crippen LogP contribution in [-0.2, 0) is 10.0 Å². The predicted octanol–water partition coefficient (Wildman–Crippen LogP) is 1.81. The number of nitrogens with one attached hydrogen (secondary N) is 1. The first-order chi connectivity index (χ1) is 9.47. The Labute approximate surface area is 124 Å². The van der Waals surface area contributed by atoms with Gasteiger partial charge in [0.25, 0.3) is 0 Å². The van der Waals surface area contributed by atoms with E-state index in [4.69, 9.17) is 18.0 Å². The molecule has 1 aromatic rings. The van der Waals surface area contributed by atoms with Gasteiger partial charge in [-0.05, 0) is 24.6 Å². The molecular formula is C11H12F4N2O2S2. The van der Waals surface area contributed by atoms with Crippen molar-refractivity contribution in [2.45, 2.75) is 24.2 Å². The summed E-state index contributed by atoms with van der Waals surface area (Å²) >= 11 is 4.72. The number of rotatable bonds is 6. The number of aryl methyl sites for hydroxylation is 1. The van der Waals surface area contributed by atoms with Gasteiger partial charge >= 0.3 is 12.3 Å². The molecule has 4 nitrogen and oxygen atoms in total. The molecule has 0 fully saturated rings. The van der Waals surface area contributed by atoms with Gasteiger partial charge in [-0.1, -0.05) is 18.3 Å². The van der Waals surface area contributed by atoms with Crippen molar-refractivity contribution < 1.29 is 26.0 Å². The molecule has 0 aliphatic heterocycles. The zero-order valence-electron chi connectivity index (χ0n) is 10.7. The smallest absolute Gasteiger partial charge is 0.320 e. The third kappa shape index (κ3) is 4.35. The highest BCUT2D eigenvalue weighted by Gasteiger charge is 2.41. The summed E-state index contributed by atoms with van der Waals surface area (Å²) in [6, 6.07) is 3.78. The van der Waals surface area contributed by atoms with E-state index in [2.05, 4.69) is 0 Å². The predicted molar refractivity (Wildman–Crippen MR) is 73.2 cm³/mol. The second kappa shape index (κ2) is 6.24. The maximum absolute atomic E-state index is 12.8. The SMILES string of the molecule is Cc1cc(C(N)=S)ccc1S(=O)(=O)NCC(F)(F)C(F)F. The van der Waals surface area contributed by atoms with Gasteiger partial charge in [0.15, 0.2) is 0 Å². The lowest BCUT2D eigenvalue weighted by atomic mass is 10.1. The molecule has 21 heavy (non-hydrogen) atoms. The van der Waals surface area contributed by atoms with E-state index in [9.17, 15) is 26.0 Å². The lowest BCUT2D eigenvalue weighted by molar-refractivity contribution is -0.122. The van der Waals surface area contributed by atoms with Crippen LogP contribution in [0, 0.1) is 6.92 Å². The maximum atomic E-state index is 12.8. The minimum Gasteiger partial charge on any atom is -0.389 e. The van der Waals surface area contributed by atoms with E-state index in [1.807, 2.05) is 0 Å². The zero-order chi connectivity index (χ0) is 16.4. The van der Waals surface area contributed by atoms with E-state index in [1.54, 1.807) is 0 Å². The Kier molecular flexibility index (Phi) is 5.29. The van der Waals surface area contributed by atoms with E-state index >= 15 is 0 Å². The molecule has 0 amide bonds. The van der Waals surface area contributed by atoms with Crippen LogP contribution in [0.4, 0.5) is 17.6 Å². The zero-order valence-corrected chi connectivity index (χ0v) is 12.4. The van der Waals surface area contributed by atoms with Crippen LogP contribution in [0.25, 0.3) is 0 Å². The highest BCUT2D eigenvalue weighted by atomic mass is 32.2. The summed E-state index contributed by atoms with van der Waals surface area (Å²) in [6.07, 6.45) is -3.96. The van der Waals surface area contributed by atoms with Crippen LogP contribution in [0.5, 0.6) is 0 Å². The second-order valence-corrected chi connectivity index (χ2v) is 6.41. The molecule has 0 unspecified atom stereocenters. The van der Waals surface area contributed by atoms with E-state index in [0.29, 0.717) is 5.56 Å². The fraction of sp³-hybridized carbons (Fsp3) is 0.364. The Hall–Kier alpha value is -1.26. The Balaban J connectivity index is 3.02. The molecule has 1 aromatic carbocycles. The molecule has 0 radical (unpaired) electrons. The van der Waals surface area contributed by atoms with Crippen LogP contribution >= 0.6 is 12.2 Å². The molecule has 118 valence electrons. The summed E-state index contributed by atoms with van der Waals surface area (Å²) < 4.78 is 74.7. The Morgan fingerprint density at radius 1 is 1.43 bits per heavy atom. The summed E-state index contributed by atoms with van der Waals surface area (Å²) in [6.45, 7) is -0.287. The molecule has 10 heteroatoms. The van der Waals surface area contributed by atoms with Gasteiger partial charge in [0.05, 0.1) is 11.4 Å². The van der Waals surface area contributed by atoms with Crippen LogP contribution in [0.3, 0.4) is 0 Å². The normalized spacial score (nSPS) is 12.7. The molecular weight excluding hydrogens is 332 g/mol. The largest absolute Gasteiger partial charge is 0.389 e. The van der Waals surface area contributed by atoms with Crippen LogP contribution in [0.2, 0.25) is 0 Å². The third-order valence-electron chi connectivity index (χ3n) is 2.57. The number of halogens is 4. The van der Waals surface area contributed by atoms with Gasteiger partial charge in [-0.15, -0.1) is 0 Å². The first kappa shape index (κ1) is 17.8. The Morgan fingerprint density at radius 2 is 2.00 bits per heavy atom. The molecule has 0 spiro atoms. The molecule has 3 N–H and O–H groups in total.